The number of benzene rings is 1. The molecule has 0 radical (unpaired) electrons. The van der Waals surface area contributed by atoms with Gasteiger partial charge in [-0.3, -0.25) is 14.9 Å². The predicted octanol–water partition coefficient (Wildman–Crippen LogP) is 2.12. The van der Waals surface area contributed by atoms with Crippen LogP contribution in [-0.4, -0.2) is 30.0 Å². The van der Waals surface area contributed by atoms with Crippen LogP contribution in [0.4, 0.5) is 5.69 Å². The summed E-state index contributed by atoms with van der Waals surface area (Å²) < 4.78 is 0. The fourth-order valence-corrected chi connectivity index (χ4v) is 2.45. The third-order valence-electron chi connectivity index (χ3n) is 3.24. The van der Waals surface area contributed by atoms with Crippen molar-refractivity contribution in [3.05, 3.63) is 38.9 Å². The normalized spacial score (nSPS) is 19.1. The lowest BCUT2D eigenvalue weighted by molar-refractivity contribution is -0.384. The van der Waals surface area contributed by atoms with Crippen LogP contribution in [-0.2, 0) is 0 Å². The summed E-state index contributed by atoms with van der Waals surface area (Å²) >= 11 is 5.81. The summed E-state index contributed by atoms with van der Waals surface area (Å²) in [5, 5.41) is 17.1. The number of nitrogens with one attached hydrogen (secondary N) is 2. The standard InChI is InChI=1S/C13H16ClN3O3/c14-10-5-9(6-12(7-10)17(19)20)13(18)16-11-3-1-2-4-15-8-11/h5-7,11,15H,1-4,8H2,(H,16,18). The number of hydrogen-bond donors (Lipinski definition) is 2. The topological polar surface area (TPSA) is 84.3 Å². The summed E-state index contributed by atoms with van der Waals surface area (Å²) in [6.45, 7) is 1.67. The Morgan fingerprint density at radius 1 is 1.40 bits per heavy atom. The second-order valence-electron chi connectivity index (χ2n) is 4.83. The number of non-ortho nitro benzene ring substituents is 1. The number of nitro benzene ring substituents is 1. The third kappa shape index (κ3) is 3.91. The van der Waals surface area contributed by atoms with E-state index < -0.39 is 4.92 Å². The fourth-order valence-electron chi connectivity index (χ4n) is 2.22. The van der Waals surface area contributed by atoms with Crippen molar-refractivity contribution < 1.29 is 9.72 Å². The van der Waals surface area contributed by atoms with Gasteiger partial charge in [-0.1, -0.05) is 18.0 Å². The SMILES string of the molecule is O=C(NC1CCCCNC1)c1cc(Cl)cc([N+](=O)[O-])c1. The monoisotopic (exact) mass is 297 g/mol. The lowest BCUT2D eigenvalue weighted by Crippen LogP contribution is -2.40. The molecular weight excluding hydrogens is 282 g/mol. The minimum Gasteiger partial charge on any atom is -0.348 e. The number of carbonyl (C=O) groups is 1. The van der Waals surface area contributed by atoms with Crippen molar-refractivity contribution in [1.29, 1.82) is 0 Å². The molecule has 1 aromatic carbocycles. The molecule has 108 valence electrons. The zero-order valence-electron chi connectivity index (χ0n) is 10.9. The molecule has 1 saturated heterocycles. The summed E-state index contributed by atoms with van der Waals surface area (Å²) in [5.41, 5.74) is 0.0371. The molecule has 1 amide bonds. The molecule has 1 fully saturated rings. The van der Waals surface area contributed by atoms with Crippen molar-refractivity contribution in [1.82, 2.24) is 10.6 Å². The molecule has 0 aliphatic carbocycles. The number of halogens is 1. The van der Waals surface area contributed by atoms with Gasteiger partial charge in [0.15, 0.2) is 0 Å². The van der Waals surface area contributed by atoms with Crippen LogP contribution in [0.5, 0.6) is 0 Å². The molecule has 20 heavy (non-hydrogen) atoms. The van der Waals surface area contributed by atoms with Gasteiger partial charge in [0.1, 0.15) is 0 Å². The lowest BCUT2D eigenvalue weighted by Gasteiger charge is -2.16. The van der Waals surface area contributed by atoms with Gasteiger partial charge in [0.2, 0.25) is 0 Å². The Morgan fingerprint density at radius 3 is 2.95 bits per heavy atom. The average molecular weight is 298 g/mol. The summed E-state index contributed by atoms with van der Waals surface area (Å²) in [5.74, 6) is -0.329. The van der Waals surface area contributed by atoms with E-state index in [1.165, 1.54) is 18.2 Å². The van der Waals surface area contributed by atoms with Crippen molar-refractivity contribution in [2.45, 2.75) is 25.3 Å². The van der Waals surface area contributed by atoms with Crippen molar-refractivity contribution in [3.63, 3.8) is 0 Å². The number of hydrogen-bond acceptors (Lipinski definition) is 4. The maximum Gasteiger partial charge on any atom is 0.271 e. The van der Waals surface area contributed by atoms with E-state index in [4.69, 9.17) is 11.6 Å². The van der Waals surface area contributed by atoms with Crippen LogP contribution in [0.2, 0.25) is 5.02 Å². The molecule has 1 aromatic rings. The maximum absolute atomic E-state index is 12.1. The molecular formula is C13H16ClN3O3. The molecule has 2 N–H and O–H groups in total. The van der Waals surface area contributed by atoms with E-state index in [-0.39, 0.29) is 28.2 Å². The molecule has 2 rings (SSSR count). The van der Waals surface area contributed by atoms with Gasteiger partial charge in [-0.15, -0.1) is 0 Å². The minimum absolute atomic E-state index is 0.0445. The Bertz CT molecular complexity index is 514. The molecule has 0 aromatic heterocycles. The van der Waals surface area contributed by atoms with Gasteiger partial charge in [-0.05, 0) is 25.5 Å². The van der Waals surface area contributed by atoms with E-state index in [1.54, 1.807) is 0 Å². The highest BCUT2D eigenvalue weighted by molar-refractivity contribution is 6.31. The number of amides is 1. The van der Waals surface area contributed by atoms with Gasteiger partial charge in [-0.2, -0.15) is 0 Å². The highest BCUT2D eigenvalue weighted by atomic mass is 35.5. The quantitative estimate of drug-likeness (QED) is 0.661. The summed E-state index contributed by atoms with van der Waals surface area (Å²) in [4.78, 5) is 22.3. The van der Waals surface area contributed by atoms with E-state index in [1.807, 2.05) is 0 Å². The van der Waals surface area contributed by atoms with Crippen molar-refractivity contribution in [2.75, 3.05) is 13.1 Å². The number of rotatable bonds is 3. The third-order valence-corrected chi connectivity index (χ3v) is 3.46. The van der Waals surface area contributed by atoms with E-state index in [9.17, 15) is 14.9 Å². The fraction of sp³-hybridized carbons (Fsp3) is 0.462. The molecule has 1 atom stereocenters. The van der Waals surface area contributed by atoms with Crippen LogP contribution in [0.15, 0.2) is 18.2 Å². The lowest BCUT2D eigenvalue weighted by atomic mass is 10.1. The Morgan fingerprint density at radius 2 is 2.20 bits per heavy atom. The Kier molecular flexibility index (Phi) is 4.92. The van der Waals surface area contributed by atoms with E-state index >= 15 is 0 Å². The molecule has 0 bridgehead atoms. The molecule has 0 spiro atoms. The molecule has 6 nitrogen and oxygen atoms in total. The second kappa shape index (κ2) is 6.67. The van der Waals surface area contributed by atoms with E-state index in [0.29, 0.717) is 6.54 Å². The van der Waals surface area contributed by atoms with Gasteiger partial charge >= 0.3 is 0 Å². The van der Waals surface area contributed by atoms with Gasteiger partial charge < -0.3 is 10.6 Å². The zero-order valence-corrected chi connectivity index (χ0v) is 11.7. The first-order chi connectivity index (χ1) is 9.56. The smallest absolute Gasteiger partial charge is 0.271 e. The van der Waals surface area contributed by atoms with Crippen LogP contribution >= 0.6 is 11.6 Å². The Balaban J connectivity index is 2.10. The first-order valence-electron chi connectivity index (χ1n) is 6.53. The van der Waals surface area contributed by atoms with Gasteiger partial charge in [0.05, 0.1) is 4.92 Å². The van der Waals surface area contributed by atoms with Crippen LogP contribution in [0.3, 0.4) is 0 Å². The minimum atomic E-state index is -0.560. The Hall–Kier alpha value is -1.66. The number of nitro groups is 1. The number of nitrogens with zero attached hydrogens (tertiary/aromatic N) is 1. The molecule has 1 unspecified atom stereocenters. The van der Waals surface area contributed by atoms with E-state index in [2.05, 4.69) is 10.6 Å². The van der Waals surface area contributed by atoms with Gasteiger partial charge in [-0.25, -0.2) is 0 Å². The predicted molar refractivity (Wildman–Crippen MR) is 76.1 cm³/mol. The molecule has 1 aliphatic rings. The Labute approximate surface area is 121 Å². The van der Waals surface area contributed by atoms with Crippen molar-refractivity contribution in [3.8, 4) is 0 Å². The summed E-state index contributed by atoms with van der Waals surface area (Å²) in [6.07, 6.45) is 3.05. The number of carbonyl (C=O) groups excluding carboxylic acids is 1. The molecule has 1 heterocycles. The molecule has 1 aliphatic heterocycles. The summed E-state index contributed by atoms with van der Waals surface area (Å²) in [7, 11) is 0. The van der Waals surface area contributed by atoms with Crippen LogP contribution in [0.25, 0.3) is 0 Å². The highest BCUT2D eigenvalue weighted by Gasteiger charge is 2.18. The van der Waals surface area contributed by atoms with Crippen molar-refractivity contribution in [2.24, 2.45) is 0 Å². The first-order valence-corrected chi connectivity index (χ1v) is 6.90. The van der Waals surface area contributed by atoms with Crippen LogP contribution in [0, 0.1) is 10.1 Å². The van der Waals surface area contributed by atoms with Crippen LogP contribution in [0.1, 0.15) is 29.6 Å². The van der Waals surface area contributed by atoms with Crippen LogP contribution < -0.4 is 10.6 Å². The highest BCUT2D eigenvalue weighted by Crippen LogP contribution is 2.21. The van der Waals surface area contributed by atoms with Crippen molar-refractivity contribution >= 4 is 23.2 Å². The van der Waals surface area contributed by atoms with Gasteiger partial charge in [0.25, 0.3) is 11.6 Å². The maximum atomic E-state index is 12.1. The van der Waals surface area contributed by atoms with E-state index in [0.717, 1.165) is 25.8 Å². The molecule has 0 saturated carbocycles. The largest absolute Gasteiger partial charge is 0.348 e. The first kappa shape index (κ1) is 14.7. The molecule has 7 heteroatoms. The van der Waals surface area contributed by atoms with Gasteiger partial charge in [0, 0.05) is 35.3 Å². The summed E-state index contributed by atoms with van der Waals surface area (Å²) in [6, 6.07) is 3.95. The second-order valence-corrected chi connectivity index (χ2v) is 5.26. The average Bonchev–Trinajstić information content (AvgIpc) is 2.66. The zero-order chi connectivity index (χ0) is 14.5.